The van der Waals surface area contributed by atoms with Gasteiger partial charge in [0.1, 0.15) is 11.6 Å². The average Bonchev–Trinajstić information content (AvgIpc) is 2.39. The maximum atomic E-state index is 12.9. The Morgan fingerprint density at radius 1 is 1.21 bits per heavy atom. The van der Waals surface area contributed by atoms with Crippen LogP contribution in [0, 0.1) is 5.82 Å². The van der Waals surface area contributed by atoms with Gasteiger partial charge in [-0.05, 0) is 31.5 Å². The fourth-order valence-electron chi connectivity index (χ4n) is 2.08. The molecule has 0 aliphatic rings. The zero-order valence-electron chi connectivity index (χ0n) is 11.0. The van der Waals surface area contributed by atoms with Crippen LogP contribution in [-0.4, -0.2) is 10.1 Å². The number of aromatic hydroxyl groups is 1. The van der Waals surface area contributed by atoms with Crippen molar-refractivity contribution < 1.29 is 9.50 Å². The van der Waals surface area contributed by atoms with E-state index in [0.717, 1.165) is 11.6 Å². The molecule has 2 atom stereocenters. The number of aromatic nitrogens is 1. The van der Waals surface area contributed by atoms with Gasteiger partial charge in [-0.15, -0.1) is 0 Å². The van der Waals surface area contributed by atoms with Crippen molar-refractivity contribution in [3.63, 3.8) is 0 Å². The maximum Gasteiger partial charge on any atom is 0.126 e. The minimum Gasteiger partial charge on any atom is -0.508 e. The lowest BCUT2D eigenvalue weighted by Gasteiger charge is -2.21. The molecule has 2 N–H and O–H groups in total. The summed E-state index contributed by atoms with van der Waals surface area (Å²) in [4.78, 5) is 4.08. The van der Waals surface area contributed by atoms with Crippen LogP contribution in [0.5, 0.6) is 5.75 Å². The van der Waals surface area contributed by atoms with Gasteiger partial charge in [0, 0.05) is 36.1 Å². The first-order chi connectivity index (χ1) is 9.08. The molecule has 0 aliphatic heterocycles. The highest BCUT2D eigenvalue weighted by molar-refractivity contribution is 5.35. The van der Waals surface area contributed by atoms with E-state index in [1.807, 2.05) is 26.0 Å². The topological polar surface area (TPSA) is 45.1 Å². The molecule has 2 unspecified atom stereocenters. The van der Waals surface area contributed by atoms with Crippen LogP contribution in [0.25, 0.3) is 0 Å². The van der Waals surface area contributed by atoms with Gasteiger partial charge in [-0.3, -0.25) is 4.98 Å². The number of phenolic OH excluding ortho intramolecular Hbond substituents is 1. The van der Waals surface area contributed by atoms with E-state index in [-0.39, 0.29) is 17.8 Å². The summed E-state index contributed by atoms with van der Waals surface area (Å²) in [5.74, 6) is -0.466. The number of nitrogens with zero attached hydrogens (tertiary/aromatic N) is 1. The number of phenols is 1. The summed E-state index contributed by atoms with van der Waals surface area (Å²) in [6, 6.07) is 7.95. The summed E-state index contributed by atoms with van der Waals surface area (Å²) in [7, 11) is 0. The van der Waals surface area contributed by atoms with E-state index >= 15 is 0 Å². The van der Waals surface area contributed by atoms with Crippen LogP contribution in [0.15, 0.2) is 42.7 Å². The van der Waals surface area contributed by atoms with Gasteiger partial charge >= 0.3 is 0 Å². The summed E-state index contributed by atoms with van der Waals surface area (Å²) in [5, 5.41) is 13.1. The SMILES string of the molecule is CC(NC(C)c1ccc(F)cc1O)c1cccnc1. The van der Waals surface area contributed by atoms with Crippen LogP contribution in [0.1, 0.15) is 37.1 Å². The molecule has 19 heavy (non-hydrogen) atoms. The Kier molecular flexibility index (Phi) is 4.12. The highest BCUT2D eigenvalue weighted by Gasteiger charge is 2.14. The van der Waals surface area contributed by atoms with Crippen molar-refractivity contribution in [2.75, 3.05) is 0 Å². The second kappa shape index (κ2) is 5.80. The van der Waals surface area contributed by atoms with Crippen LogP contribution >= 0.6 is 0 Å². The minimum atomic E-state index is -0.436. The van der Waals surface area contributed by atoms with Crippen molar-refractivity contribution in [2.24, 2.45) is 0 Å². The van der Waals surface area contributed by atoms with Crippen LogP contribution < -0.4 is 5.32 Å². The van der Waals surface area contributed by atoms with Gasteiger partial charge in [-0.2, -0.15) is 0 Å². The zero-order chi connectivity index (χ0) is 13.8. The van der Waals surface area contributed by atoms with Gasteiger partial charge in [0.05, 0.1) is 0 Å². The van der Waals surface area contributed by atoms with Crippen LogP contribution in [-0.2, 0) is 0 Å². The van der Waals surface area contributed by atoms with Crippen molar-refractivity contribution in [3.05, 3.63) is 59.7 Å². The number of hydrogen-bond acceptors (Lipinski definition) is 3. The second-order valence-corrected chi connectivity index (χ2v) is 4.60. The fraction of sp³-hybridized carbons (Fsp3) is 0.267. The van der Waals surface area contributed by atoms with Gasteiger partial charge in [0.15, 0.2) is 0 Å². The molecule has 0 saturated heterocycles. The number of halogens is 1. The molecule has 1 aromatic carbocycles. The third-order valence-electron chi connectivity index (χ3n) is 3.14. The molecule has 0 saturated carbocycles. The third-order valence-corrected chi connectivity index (χ3v) is 3.14. The molecule has 0 radical (unpaired) electrons. The molecule has 2 aromatic rings. The molecule has 0 aliphatic carbocycles. The highest BCUT2D eigenvalue weighted by Crippen LogP contribution is 2.26. The molecular formula is C15H17FN2O. The summed E-state index contributed by atoms with van der Waals surface area (Å²) in [6.07, 6.45) is 3.53. The van der Waals surface area contributed by atoms with Crippen LogP contribution in [0.3, 0.4) is 0 Å². The normalized spacial score (nSPS) is 14.1. The van der Waals surface area contributed by atoms with E-state index in [4.69, 9.17) is 0 Å². The predicted molar refractivity (Wildman–Crippen MR) is 72.3 cm³/mol. The Bertz CT molecular complexity index is 545. The number of rotatable bonds is 4. The quantitative estimate of drug-likeness (QED) is 0.886. The molecule has 0 spiro atoms. The highest BCUT2D eigenvalue weighted by atomic mass is 19.1. The summed E-state index contributed by atoms with van der Waals surface area (Å²) < 4.78 is 12.9. The number of pyridine rings is 1. The van der Waals surface area contributed by atoms with Crippen molar-refractivity contribution in [3.8, 4) is 5.75 Å². The lowest BCUT2D eigenvalue weighted by molar-refractivity contribution is 0.434. The summed E-state index contributed by atoms with van der Waals surface area (Å²) in [5.41, 5.74) is 1.74. The first-order valence-corrected chi connectivity index (χ1v) is 6.22. The molecule has 1 heterocycles. The number of hydrogen-bond donors (Lipinski definition) is 2. The van der Waals surface area contributed by atoms with E-state index in [9.17, 15) is 9.50 Å². The number of nitrogens with one attached hydrogen (secondary N) is 1. The van der Waals surface area contributed by atoms with Gasteiger partial charge in [-0.1, -0.05) is 12.1 Å². The average molecular weight is 260 g/mol. The van der Waals surface area contributed by atoms with Gasteiger partial charge in [0.2, 0.25) is 0 Å². The first-order valence-electron chi connectivity index (χ1n) is 6.22. The Labute approximate surface area is 112 Å². The molecule has 100 valence electrons. The van der Waals surface area contributed by atoms with Crippen molar-refractivity contribution in [1.29, 1.82) is 0 Å². The summed E-state index contributed by atoms with van der Waals surface area (Å²) in [6.45, 7) is 3.95. The molecule has 1 aromatic heterocycles. The van der Waals surface area contributed by atoms with E-state index in [1.54, 1.807) is 18.5 Å². The second-order valence-electron chi connectivity index (χ2n) is 4.60. The Morgan fingerprint density at radius 3 is 2.63 bits per heavy atom. The molecule has 0 fully saturated rings. The number of benzene rings is 1. The van der Waals surface area contributed by atoms with Crippen molar-refractivity contribution >= 4 is 0 Å². The van der Waals surface area contributed by atoms with Gasteiger partial charge < -0.3 is 10.4 Å². The van der Waals surface area contributed by atoms with Crippen molar-refractivity contribution in [2.45, 2.75) is 25.9 Å². The van der Waals surface area contributed by atoms with E-state index in [1.165, 1.54) is 6.07 Å². The van der Waals surface area contributed by atoms with Gasteiger partial charge in [-0.25, -0.2) is 4.39 Å². The van der Waals surface area contributed by atoms with E-state index < -0.39 is 5.82 Å². The molecule has 0 amide bonds. The van der Waals surface area contributed by atoms with Gasteiger partial charge in [0.25, 0.3) is 0 Å². The lowest BCUT2D eigenvalue weighted by Crippen LogP contribution is -2.22. The predicted octanol–water partition coefficient (Wildman–Crippen LogP) is 3.34. The van der Waals surface area contributed by atoms with Crippen LogP contribution in [0.2, 0.25) is 0 Å². The molecule has 2 rings (SSSR count). The summed E-state index contributed by atoms with van der Waals surface area (Å²) >= 11 is 0. The Balaban J connectivity index is 2.10. The van der Waals surface area contributed by atoms with E-state index in [0.29, 0.717) is 5.56 Å². The van der Waals surface area contributed by atoms with Crippen molar-refractivity contribution in [1.82, 2.24) is 10.3 Å². The zero-order valence-corrected chi connectivity index (χ0v) is 11.0. The largest absolute Gasteiger partial charge is 0.508 e. The third kappa shape index (κ3) is 3.29. The minimum absolute atomic E-state index is 0.0293. The molecular weight excluding hydrogens is 243 g/mol. The Morgan fingerprint density at radius 2 is 2.00 bits per heavy atom. The lowest BCUT2D eigenvalue weighted by atomic mass is 10.0. The standard InChI is InChI=1S/C15H17FN2O/c1-10(12-4-3-7-17-9-12)18-11(2)14-6-5-13(16)8-15(14)19/h3-11,18-19H,1-2H3. The smallest absolute Gasteiger partial charge is 0.126 e. The fourth-order valence-corrected chi connectivity index (χ4v) is 2.08. The monoisotopic (exact) mass is 260 g/mol. The maximum absolute atomic E-state index is 12.9. The molecule has 4 heteroatoms. The van der Waals surface area contributed by atoms with E-state index in [2.05, 4.69) is 10.3 Å². The Hall–Kier alpha value is -1.94. The molecule has 3 nitrogen and oxygen atoms in total. The van der Waals surface area contributed by atoms with Crippen LogP contribution in [0.4, 0.5) is 4.39 Å². The first kappa shape index (κ1) is 13.5. The molecule has 0 bridgehead atoms.